The van der Waals surface area contributed by atoms with Crippen molar-refractivity contribution in [3.8, 4) is 0 Å². The number of carboxylic acids is 1. The Morgan fingerprint density at radius 2 is 1.69 bits per heavy atom. The average Bonchev–Trinajstić information content (AvgIpc) is 2.03. The lowest BCUT2D eigenvalue weighted by Crippen LogP contribution is -2.25. The van der Waals surface area contributed by atoms with Crippen LogP contribution in [0.25, 0.3) is 0 Å². The molecule has 1 N–H and O–H groups in total. The summed E-state index contributed by atoms with van der Waals surface area (Å²) in [5, 5.41) is 8.49. The van der Waals surface area contributed by atoms with Crippen molar-refractivity contribution in [3.63, 3.8) is 0 Å². The highest BCUT2D eigenvalue weighted by Crippen LogP contribution is 1.96. The summed E-state index contributed by atoms with van der Waals surface area (Å²) in [6.45, 7) is 0. The molecule has 72 valence electrons. The molecule has 0 aliphatic rings. The first-order valence-electron chi connectivity index (χ1n) is 3.37. The van der Waals surface area contributed by atoms with Gasteiger partial charge in [-0.15, -0.1) is 0 Å². The predicted octanol–water partition coefficient (Wildman–Crippen LogP) is -0.0466. The van der Waals surface area contributed by atoms with E-state index in [-0.39, 0.29) is 6.42 Å². The van der Waals surface area contributed by atoms with E-state index in [9.17, 15) is 19.2 Å². The second-order valence-corrected chi connectivity index (χ2v) is 3.00. The SMILES string of the molecule is O=C(CCBr)CC(=O)C(=O)C(=O)O. The van der Waals surface area contributed by atoms with Gasteiger partial charge in [0.25, 0.3) is 0 Å². The molecule has 0 amide bonds. The molecule has 13 heavy (non-hydrogen) atoms. The second kappa shape index (κ2) is 5.58. The van der Waals surface area contributed by atoms with Gasteiger partial charge in [0.2, 0.25) is 5.78 Å². The highest BCUT2D eigenvalue weighted by Gasteiger charge is 2.23. The highest BCUT2D eigenvalue weighted by molar-refractivity contribution is 9.09. The monoisotopic (exact) mass is 250 g/mol. The minimum absolute atomic E-state index is 0.110. The van der Waals surface area contributed by atoms with E-state index >= 15 is 0 Å². The molecule has 0 aliphatic heterocycles. The van der Waals surface area contributed by atoms with Crippen molar-refractivity contribution in [2.75, 3.05) is 5.33 Å². The van der Waals surface area contributed by atoms with Crippen molar-refractivity contribution in [3.05, 3.63) is 0 Å². The number of Topliss-reactive ketones (excluding diaryl/α,β-unsaturated/α-hetero) is 3. The Hall–Kier alpha value is -1.04. The number of ketones is 3. The molecule has 5 nitrogen and oxygen atoms in total. The van der Waals surface area contributed by atoms with E-state index in [1.807, 2.05) is 0 Å². The van der Waals surface area contributed by atoms with E-state index < -0.39 is 29.7 Å². The van der Waals surface area contributed by atoms with Gasteiger partial charge in [-0.25, -0.2) is 4.79 Å². The number of aliphatic carboxylic acids is 1. The van der Waals surface area contributed by atoms with Gasteiger partial charge in [0.15, 0.2) is 0 Å². The third kappa shape index (κ3) is 4.51. The molecule has 0 bridgehead atoms. The van der Waals surface area contributed by atoms with Crippen LogP contribution < -0.4 is 0 Å². The molecular formula is C7H7BrO5. The molecule has 0 aromatic carbocycles. The fourth-order valence-electron chi connectivity index (χ4n) is 0.572. The smallest absolute Gasteiger partial charge is 0.380 e. The van der Waals surface area contributed by atoms with Gasteiger partial charge in [-0.1, -0.05) is 15.9 Å². The first-order chi connectivity index (χ1) is 5.99. The van der Waals surface area contributed by atoms with Gasteiger partial charge < -0.3 is 5.11 Å². The molecule has 0 spiro atoms. The Bertz CT molecular complexity index is 258. The van der Waals surface area contributed by atoms with Crippen molar-refractivity contribution in [2.24, 2.45) is 0 Å². The summed E-state index contributed by atoms with van der Waals surface area (Å²) >= 11 is 2.97. The molecule has 6 heteroatoms. The lowest BCUT2D eigenvalue weighted by Gasteiger charge is -1.94. The molecule has 0 aromatic rings. The summed E-state index contributed by atoms with van der Waals surface area (Å²) in [5.41, 5.74) is 0. The lowest BCUT2D eigenvalue weighted by molar-refractivity contribution is -0.153. The van der Waals surface area contributed by atoms with Crippen LogP contribution in [0.1, 0.15) is 12.8 Å². The Morgan fingerprint density at radius 1 is 1.15 bits per heavy atom. The zero-order valence-corrected chi connectivity index (χ0v) is 8.17. The Morgan fingerprint density at radius 3 is 2.08 bits per heavy atom. The molecule has 0 heterocycles. The molecule has 0 saturated heterocycles. The topological polar surface area (TPSA) is 88.5 Å². The van der Waals surface area contributed by atoms with Crippen molar-refractivity contribution in [1.82, 2.24) is 0 Å². The number of hydrogen-bond donors (Lipinski definition) is 1. The minimum Gasteiger partial charge on any atom is -0.475 e. The van der Waals surface area contributed by atoms with Crippen LogP contribution in [0.3, 0.4) is 0 Å². The van der Waals surface area contributed by atoms with Crippen LogP contribution in [-0.2, 0) is 19.2 Å². The van der Waals surface area contributed by atoms with Crippen molar-refractivity contribution in [1.29, 1.82) is 0 Å². The van der Waals surface area contributed by atoms with Gasteiger partial charge in [0, 0.05) is 11.8 Å². The first-order valence-corrected chi connectivity index (χ1v) is 4.49. The molecule has 0 fully saturated rings. The number of alkyl halides is 1. The van der Waals surface area contributed by atoms with Gasteiger partial charge in [-0.05, 0) is 0 Å². The maximum absolute atomic E-state index is 10.8. The van der Waals surface area contributed by atoms with E-state index in [4.69, 9.17) is 5.11 Å². The van der Waals surface area contributed by atoms with Gasteiger partial charge in [-0.3, -0.25) is 14.4 Å². The number of carboxylic acid groups (broad SMARTS) is 1. The van der Waals surface area contributed by atoms with Crippen LogP contribution in [0.2, 0.25) is 0 Å². The fourth-order valence-corrected chi connectivity index (χ4v) is 1.01. The van der Waals surface area contributed by atoms with Crippen molar-refractivity contribution < 1.29 is 24.3 Å². The Kier molecular flexibility index (Phi) is 5.13. The van der Waals surface area contributed by atoms with Crippen LogP contribution in [0.4, 0.5) is 0 Å². The number of halogens is 1. The molecule has 0 unspecified atom stereocenters. The van der Waals surface area contributed by atoms with Crippen molar-refractivity contribution in [2.45, 2.75) is 12.8 Å². The fraction of sp³-hybridized carbons (Fsp3) is 0.429. The van der Waals surface area contributed by atoms with Gasteiger partial charge in [-0.2, -0.15) is 0 Å². The summed E-state index contributed by atoms with van der Waals surface area (Å²) < 4.78 is 0. The van der Waals surface area contributed by atoms with Gasteiger partial charge in [0.05, 0.1) is 6.42 Å². The van der Waals surface area contributed by atoms with Gasteiger partial charge >= 0.3 is 11.8 Å². The van der Waals surface area contributed by atoms with E-state index in [2.05, 4.69) is 15.9 Å². The molecule has 0 aliphatic carbocycles. The van der Waals surface area contributed by atoms with Crippen LogP contribution in [-0.4, -0.2) is 33.8 Å². The Balaban J connectivity index is 4.08. The second-order valence-electron chi connectivity index (χ2n) is 2.21. The first kappa shape index (κ1) is 12.0. The average molecular weight is 251 g/mol. The van der Waals surface area contributed by atoms with Crippen LogP contribution in [0, 0.1) is 0 Å². The zero-order valence-electron chi connectivity index (χ0n) is 6.58. The van der Waals surface area contributed by atoms with Crippen LogP contribution >= 0.6 is 15.9 Å². The summed E-state index contributed by atoms with van der Waals surface area (Å²) in [6, 6.07) is 0. The molecule has 0 rings (SSSR count). The maximum atomic E-state index is 10.8. The largest absolute Gasteiger partial charge is 0.475 e. The van der Waals surface area contributed by atoms with Crippen molar-refractivity contribution >= 4 is 39.2 Å². The van der Waals surface area contributed by atoms with E-state index in [1.54, 1.807) is 0 Å². The maximum Gasteiger partial charge on any atom is 0.380 e. The summed E-state index contributed by atoms with van der Waals surface area (Å²) in [6.07, 6.45) is -0.518. The molecule has 0 atom stereocenters. The molecule has 0 radical (unpaired) electrons. The number of carbonyl (C=O) groups is 4. The molecular weight excluding hydrogens is 244 g/mol. The normalized spacial score (nSPS) is 9.31. The third-order valence-electron chi connectivity index (χ3n) is 1.18. The minimum atomic E-state index is -1.82. The standard InChI is InChI=1S/C7H7BrO5/c8-2-1-4(9)3-5(10)6(11)7(12)13/h1-3H2,(H,12,13). The van der Waals surface area contributed by atoms with E-state index in [0.29, 0.717) is 5.33 Å². The van der Waals surface area contributed by atoms with E-state index in [1.165, 1.54) is 0 Å². The zero-order chi connectivity index (χ0) is 10.4. The molecule has 0 aromatic heterocycles. The predicted molar refractivity (Wildman–Crippen MR) is 45.7 cm³/mol. The quantitative estimate of drug-likeness (QED) is 0.406. The van der Waals surface area contributed by atoms with Crippen LogP contribution in [0.5, 0.6) is 0 Å². The van der Waals surface area contributed by atoms with E-state index in [0.717, 1.165) is 0 Å². The third-order valence-corrected chi connectivity index (χ3v) is 1.58. The summed E-state index contributed by atoms with van der Waals surface area (Å²) in [5.74, 6) is -4.98. The Labute approximate surface area is 82.2 Å². The lowest BCUT2D eigenvalue weighted by atomic mass is 10.1. The van der Waals surface area contributed by atoms with Gasteiger partial charge in [0.1, 0.15) is 5.78 Å². The molecule has 0 saturated carbocycles. The highest BCUT2D eigenvalue weighted by atomic mass is 79.9. The number of rotatable bonds is 6. The van der Waals surface area contributed by atoms with Crippen LogP contribution in [0.15, 0.2) is 0 Å². The summed E-state index contributed by atoms with van der Waals surface area (Å²) in [7, 11) is 0. The number of carbonyl (C=O) groups excluding carboxylic acids is 3. The number of hydrogen-bond acceptors (Lipinski definition) is 4. The summed E-state index contributed by atoms with van der Waals surface area (Å²) in [4.78, 5) is 41.9.